The van der Waals surface area contributed by atoms with Gasteiger partial charge in [-0.2, -0.15) is 0 Å². The summed E-state index contributed by atoms with van der Waals surface area (Å²) in [6.07, 6.45) is 0. The molecule has 0 aliphatic heterocycles. The van der Waals surface area contributed by atoms with Crippen LogP contribution in [-0.2, 0) is 10.4 Å². The van der Waals surface area contributed by atoms with Gasteiger partial charge < -0.3 is 10.2 Å². The quantitative estimate of drug-likeness (QED) is 0.733. The molecule has 0 spiro atoms. The second-order valence-electron chi connectivity index (χ2n) is 2.79. The highest BCUT2D eigenvalue weighted by atomic mass is 32.1. The minimum Gasteiger partial charge on any atom is -0.479 e. The number of aliphatic hydroxyl groups is 1. The maximum atomic E-state index is 10.6. The molecule has 1 aromatic heterocycles. The van der Waals surface area contributed by atoms with Crippen LogP contribution in [0.5, 0.6) is 0 Å². The van der Waals surface area contributed by atoms with Gasteiger partial charge in [-0.25, -0.2) is 4.79 Å². The van der Waals surface area contributed by atoms with Gasteiger partial charge in [0, 0.05) is 9.75 Å². The van der Waals surface area contributed by atoms with Crippen LogP contribution in [0.3, 0.4) is 0 Å². The van der Waals surface area contributed by atoms with Gasteiger partial charge in [0.15, 0.2) is 5.60 Å². The summed E-state index contributed by atoms with van der Waals surface area (Å²) in [5, 5.41) is 18.1. The lowest BCUT2D eigenvalue weighted by Crippen LogP contribution is -2.30. The molecule has 0 aliphatic carbocycles. The third-order valence-corrected chi connectivity index (χ3v) is 2.85. The first-order valence-corrected chi connectivity index (χ1v) is 4.29. The van der Waals surface area contributed by atoms with Crippen molar-refractivity contribution in [3.05, 3.63) is 21.9 Å². The van der Waals surface area contributed by atoms with Crippen molar-refractivity contribution in [3.8, 4) is 0 Å². The molecule has 1 unspecified atom stereocenters. The molecule has 0 radical (unpaired) electrons. The molecule has 1 aromatic rings. The summed E-state index contributed by atoms with van der Waals surface area (Å²) in [5.41, 5.74) is -1.75. The van der Waals surface area contributed by atoms with E-state index in [4.69, 9.17) is 5.11 Å². The first-order valence-electron chi connectivity index (χ1n) is 3.47. The standard InChI is InChI=1S/C8H10O3S/c1-5-3-4-6(12-5)8(2,11)7(9)10/h3-4,11H,1-2H3,(H,9,10). The minimum atomic E-state index is -1.75. The molecule has 2 N–H and O–H groups in total. The Morgan fingerprint density at radius 2 is 2.17 bits per heavy atom. The van der Waals surface area contributed by atoms with Crippen molar-refractivity contribution in [2.45, 2.75) is 19.4 Å². The Morgan fingerprint density at radius 3 is 2.50 bits per heavy atom. The molecule has 1 heterocycles. The molecule has 0 saturated carbocycles. The van der Waals surface area contributed by atoms with Gasteiger partial charge in [-0.15, -0.1) is 11.3 Å². The largest absolute Gasteiger partial charge is 0.479 e. The number of thiophene rings is 1. The van der Waals surface area contributed by atoms with Crippen molar-refractivity contribution in [1.29, 1.82) is 0 Å². The van der Waals surface area contributed by atoms with Gasteiger partial charge in [0.2, 0.25) is 0 Å². The predicted octanol–water partition coefficient (Wildman–Crippen LogP) is 1.35. The van der Waals surface area contributed by atoms with Crippen LogP contribution in [0.1, 0.15) is 16.7 Å². The fourth-order valence-corrected chi connectivity index (χ4v) is 1.71. The Kier molecular flexibility index (Phi) is 2.21. The van der Waals surface area contributed by atoms with Crippen LogP contribution in [0.4, 0.5) is 0 Å². The molecule has 0 amide bonds. The number of carboxylic acids is 1. The number of rotatable bonds is 2. The zero-order valence-corrected chi connectivity index (χ0v) is 7.68. The molecular weight excluding hydrogens is 176 g/mol. The summed E-state index contributed by atoms with van der Waals surface area (Å²) in [5.74, 6) is -1.22. The van der Waals surface area contributed by atoms with E-state index >= 15 is 0 Å². The fraction of sp³-hybridized carbons (Fsp3) is 0.375. The summed E-state index contributed by atoms with van der Waals surface area (Å²) in [6.45, 7) is 3.15. The van der Waals surface area contributed by atoms with Gasteiger partial charge in [-0.05, 0) is 26.0 Å². The summed E-state index contributed by atoms with van der Waals surface area (Å²) in [7, 11) is 0. The van der Waals surface area contributed by atoms with Crippen molar-refractivity contribution < 1.29 is 15.0 Å². The Labute approximate surface area is 74.3 Å². The van der Waals surface area contributed by atoms with Gasteiger partial charge in [0.1, 0.15) is 0 Å². The van der Waals surface area contributed by atoms with Crippen LogP contribution in [0, 0.1) is 6.92 Å². The van der Waals surface area contributed by atoms with E-state index in [0.29, 0.717) is 4.88 Å². The molecule has 3 nitrogen and oxygen atoms in total. The summed E-state index contributed by atoms with van der Waals surface area (Å²) < 4.78 is 0. The number of hydrogen-bond acceptors (Lipinski definition) is 3. The lowest BCUT2D eigenvalue weighted by Gasteiger charge is -2.15. The third-order valence-electron chi connectivity index (χ3n) is 1.64. The van der Waals surface area contributed by atoms with E-state index in [0.717, 1.165) is 4.88 Å². The van der Waals surface area contributed by atoms with Crippen LogP contribution < -0.4 is 0 Å². The van der Waals surface area contributed by atoms with E-state index in [-0.39, 0.29) is 0 Å². The zero-order valence-electron chi connectivity index (χ0n) is 6.87. The lowest BCUT2D eigenvalue weighted by atomic mass is 10.1. The molecule has 0 aromatic carbocycles. The number of hydrogen-bond donors (Lipinski definition) is 2. The highest BCUT2D eigenvalue weighted by molar-refractivity contribution is 7.12. The average molecular weight is 186 g/mol. The van der Waals surface area contributed by atoms with Gasteiger partial charge >= 0.3 is 5.97 Å². The van der Waals surface area contributed by atoms with E-state index in [9.17, 15) is 9.90 Å². The van der Waals surface area contributed by atoms with E-state index in [1.54, 1.807) is 12.1 Å². The van der Waals surface area contributed by atoms with Gasteiger partial charge in [-0.1, -0.05) is 0 Å². The van der Waals surface area contributed by atoms with Crippen molar-refractivity contribution in [1.82, 2.24) is 0 Å². The first kappa shape index (κ1) is 9.22. The Morgan fingerprint density at radius 1 is 1.58 bits per heavy atom. The summed E-state index contributed by atoms with van der Waals surface area (Å²) >= 11 is 1.29. The number of carboxylic acid groups (broad SMARTS) is 1. The molecule has 4 heteroatoms. The maximum Gasteiger partial charge on any atom is 0.340 e. The van der Waals surface area contributed by atoms with Crippen molar-refractivity contribution in [3.63, 3.8) is 0 Å². The Hall–Kier alpha value is -0.870. The van der Waals surface area contributed by atoms with Crippen molar-refractivity contribution >= 4 is 17.3 Å². The second kappa shape index (κ2) is 2.88. The third kappa shape index (κ3) is 1.49. The lowest BCUT2D eigenvalue weighted by molar-refractivity contribution is -0.157. The number of carbonyl (C=O) groups is 1. The van der Waals surface area contributed by atoms with Crippen LogP contribution >= 0.6 is 11.3 Å². The second-order valence-corrected chi connectivity index (χ2v) is 4.08. The molecule has 12 heavy (non-hydrogen) atoms. The molecule has 0 bridgehead atoms. The van der Waals surface area contributed by atoms with E-state index < -0.39 is 11.6 Å². The monoisotopic (exact) mass is 186 g/mol. The molecule has 1 atom stereocenters. The van der Waals surface area contributed by atoms with Gasteiger partial charge in [0.25, 0.3) is 0 Å². The van der Waals surface area contributed by atoms with Crippen LogP contribution in [-0.4, -0.2) is 16.2 Å². The normalized spacial score (nSPS) is 15.6. The average Bonchev–Trinajstić information content (AvgIpc) is 2.35. The predicted molar refractivity (Wildman–Crippen MR) is 46.3 cm³/mol. The molecule has 0 aliphatic rings. The van der Waals surface area contributed by atoms with Crippen LogP contribution in [0.2, 0.25) is 0 Å². The Bertz CT molecular complexity index is 301. The molecule has 1 rings (SSSR count). The highest BCUT2D eigenvalue weighted by Gasteiger charge is 2.33. The van der Waals surface area contributed by atoms with E-state index in [1.807, 2.05) is 6.92 Å². The maximum absolute atomic E-state index is 10.6. The van der Waals surface area contributed by atoms with Gasteiger partial charge in [-0.3, -0.25) is 0 Å². The number of aryl methyl sites for hydroxylation is 1. The first-order chi connectivity index (χ1) is 5.44. The minimum absolute atomic E-state index is 0.465. The molecule has 0 fully saturated rings. The summed E-state index contributed by atoms with van der Waals surface area (Å²) in [6, 6.07) is 3.42. The SMILES string of the molecule is Cc1ccc(C(C)(O)C(=O)O)s1. The van der Waals surface area contributed by atoms with Crippen LogP contribution in [0.25, 0.3) is 0 Å². The topological polar surface area (TPSA) is 57.5 Å². The van der Waals surface area contributed by atoms with Crippen LogP contribution in [0.15, 0.2) is 12.1 Å². The highest BCUT2D eigenvalue weighted by Crippen LogP contribution is 2.27. The van der Waals surface area contributed by atoms with Crippen molar-refractivity contribution in [2.24, 2.45) is 0 Å². The molecule has 0 saturated heterocycles. The molecule has 66 valence electrons. The summed E-state index contributed by atoms with van der Waals surface area (Å²) in [4.78, 5) is 12.0. The van der Waals surface area contributed by atoms with Crippen molar-refractivity contribution in [2.75, 3.05) is 0 Å². The van der Waals surface area contributed by atoms with E-state index in [1.165, 1.54) is 18.3 Å². The van der Waals surface area contributed by atoms with E-state index in [2.05, 4.69) is 0 Å². The smallest absolute Gasteiger partial charge is 0.340 e. The zero-order chi connectivity index (χ0) is 9.35. The molecular formula is C8H10O3S. The van der Waals surface area contributed by atoms with Gasteiger partial charge in [0.05, 0.1) is 0 Å². The number of aliphatic carboxylic acids is 1. The fourth-order valence-electron chi connectivity index (χ4n) is 0.802. The Balaban J connectivity index is 3.05.